The van der Waals surface area contributed by atoms with Gasteiger partial charge in [-0.05, 0) is 71.5 Å². The molecule has 6 nitrogen and oxygen atoms in total. The first kappa shape index (κ1) is 27.0. The minimum atomic E-state index is -5.65. The van der Waals surface area contributed by atoms with Crippen LogP contribution >= 0.6 is 0 Å². The fraction of sp³-hybridized carbons (Fsp3) is 0.435. The van der Waals surface area contributed by atoms with E-state index in [1.807, 2.05) is 0 Å². The molecular weight excluding hydrogens is 497 g/mol. The molecule has 1 aliphatic rings. The van der Waals surface area contributed by atoms with Gasteiger partial charge >= 0.3 is 12.1 Å². The average molecular weight is 522 g/mol. The molecule has 1 amide bonds. The summed E-state index contributed by atoms with van der Waals surface area (Å²) in [5.41, 5.74) is 1.94. The van der Waals surface area contributed by atoms with Gasteiger partial charge in [-0.3, -0.25) is 4.79 Å². The van der Waals surface area contributed by atoms with E-state index in [-0.39, 0.29) is 42.2 Å². The number of hydrogen-bond acceptors (Lipinski definition) is 5. The Labute approximate surface area is 201 Å². The van der Waals surface area contributed by atoms with E-state index in [1.54, 1.807) is 17.0 Å². The van der Waals surface area contributed by atoms with Gasteiger partial charge in [0.05, 0.1) is 12.6 Å². The molecule has 2 unspecified atom stereocenters. The summed E-state index contributed by atoms with van der Waals surface area (Å²) in [6, 6.07) is 9.94. The molecule has 192 valence electrons. The van der Waals surface area contributed by atoms with Crippen molar-refractivity contribution in [1.29, 1.82) is 0 Å². The largest absolute Gasteiger partial charge is 0.615 e. The van der Waals surface area contributed by atoms with E-state index in [0.29, 0.717) is 12.0 Å². The zero-order valence-electron chi connectivity index (χ0n) is 18.4. The molecule has 0 spiro atoms. The van der Waals surface area contributed by atoms with Crippen molar-refractivity contribution in [1.82, 2.24) is 4.90 Å². The molecule has 2 atom stereocenters. The Morgan fingerprint density at radius 3 is 2.37 bits per heavy atom. The quantitative estimate of drug-likeness (QED) is 0.378. The Kier molecular flexibility index (Phi) is 8.50. The van der Waals surface area contributed by atoms with Crippen molar-refractivity contribution in [2.24, 2.45) is 0 Å². The number of phenolic OH excluding ortho intramolecular Hbond substituents is 2. The fourth-order valence-electron chi connectivity index (χ4n) is 3.72. The maximum Gasteiger partial charge on any atom is 0.453 e. The van der Waals surface area contributed by atoms with Crippen LogP contribution in [0.2, 0.25) is 0 Å². The highest BCUT2D eigenvalue weighted by Crippen LogP contribution is 2.38. The number of carbonyl (C=O) groups excluding carboxylic acids is 1. The second-order valence-electron chi connectivity index (χ2n) is 8.23. The third-order valence-corrected chi connectivity index (χ3v) is 6.78. The first-order valence-corrected chi connectivity index (χ1v) is 12.1. The van der Waals surface area contributed by atoms with Crippen molar-refractivity contribution in [2.75, 3.05) is 18.3 Å². The van der Waals surface area contributed by atoms with Crippen molar-refractivity contribution >= 4 is 17.1 Å². The van der Waals surface area contributed by atoms with E-state index < -0.39 is 42.2 Å². The predicted octanol–water partition coefficient (Wildman–Crippen LogP) is 4.37. The molecule has 0 fully saturated rings. The summed E-state index contributed by atoms with van der Waals surface area (Å²) in [5.74, 6) is -5.90. The summed E-state index contributed by atoms with van der Waals surface area (Å²) in [6.07, 6.45) is -7.38. The van der Waals surface area contributed by atoms with Gasteiger partial charge in [0.15, 0.2) is 0 Å². The highest BCUT2D eigenvalue weighted by atomic mass is 32.2. The van der Waals surface area contributed by atoms with Gasteiger partial charge in [0, 0.05) is 18.5 Å². The molecule has 3 rings (SSSR count). The summed E-state index contributed by atoms with van der Waals surface area (Å²) in [5, 5.41) is 19.3. The summed E-state index contributed by atoms with van der Waals surface area (Å²) >= 11 is -1.79. The number of phenols is 2. The number of halogens is 5. The number of alkyl halides is 5. The molecule has 1 aliphatic heterocycles. The fourth-order valence-corrected chi connectivity index (χ4v) is 4.59. The molecule has 2 aromatic carbocycles. The molecule has 35 heavy (non-hydrogen) atoms. The summed E-state index contributed by atoms with van der Waals surface area (Å²) in [4.78, 5) is 14.7. The lowest BCUT2D eigenvalue weighted by Crippen LogP contribution is -2.47. The van der Waals surface area contributed by atoms with Crippen LogP contribution in [0.3, 0.4) is 0 Å². The molecule has 0 bridgehead atoms. The number of aromatic hydroxyl groups is 2. The number of nitrogens with zero attached hydrogens (tertiary/aromatic N) is 1. The van der Waals surface area contributed by atoms with Crippen LogP contribution in [0.25, 0.3) is 0 Å². The second-order valence-corrected chi connectivity index (χ2v) is 9.75. The number of ether oxygens (including phenoxy) is 1. The molecule has 0 aromatic heterocycles. The normalized spacial score (nSPS) is 17.2. The Morgan fingerprint density at radius 1 is 1.06 bits per heavy atom. The second kappa shape index (κ2) is 11.0. The molecule has 1 heterocycles. The van der Waals surface area contributed by atoms with Gasteiger partial charge in [0.25, 0.3) is 5.91 Å². The molecule has 0 saturated heterocycles. The van der Waals surface area contributed by atoms with Crippen molar-refractivity contribution in [3.8, 4) is 11.5 Å². The maximum atomic E-state index is 13.1. The van der Waals surface area contributed by atoms with Gasteiger partial charge in [0.2, 0.25) is 5.94 Å². The first-order chi connectivity index (χ1) is 16.4. The smallest absolute Gasteiger partial charge is 0.453 e. The highest BCUT2D eigenvalue weighted by molar-refractivity contribution is 7.91. The van der Waals surface area contributed by atoms with E-state index in [2.05, 4.69) is 0 Å². The average Bonchev–Trinajstić information content (AvgIpc) is 2.77. The number of carbonyl (C=O) groups is 1. The lowest BCUT2D eigenvalue weighted by atomic mass is 9.93. The molecule has 2 N–H and O–H groups in total. The van der Waals surface area contributed by atoms with E-state index in [4.69, 9.17) is 4.74 Å². The van der Waals surface area contributed by atoms with Crippen LogP contribution < -0.4 is 0 Å². The van der Waals surface area contributed by atoms with E-state index in [1.165, 1.54) is 30.3 Å². The zero-order valence-corrected chi connectivity index (χ0v) is 19.2. The number of fused-ring (bicyclic) bond motifs is 1. The van der Waals surface area contributed by atoms with E-state index in [9.17, 15) is 41.5 Å². The highest BCUT2D eigenvalue weighted by Gasteiger charge is 2.56. The van der Waals surface area contributed by atoms with Gasteiger partial charge in [-0.25, -0.2) is 0 Å². The van der Waals surface area contributed by atoms with Crippen molar-refractivity contribution in [3.63, 3.8) is 0 Å². The van der Waals surface area contributed by atoms with Crippen molar-refractivity contribution in [3.05, 3.63) is 59.2 Å². The van der Waals surface area contributed by atoms with Crippen LogP contribution in [0.4, 0.5) is 22.0 Å². The van der Waals surface area contributed by atoms with E-state index in [0.717, 1.165) is 11.1 Å². The Bertz CT molecular complexity index is 1020. The molecule has 0 saturated carbocycles. The third kappa shape index (κ3) is 6.98. The van der Waals surface area contributed by atoms with Crippen LogP contribution in [-0.2, 0) is 28.9 Å². The lowest BCUT2D eigenvalue weighted by Gasteiger charge is -2.37. The first-order valence-electron chi connectivity index (χ1n) is 10.7. The summed E-state index contributed by atoms with van der Waals surface area (Å²) in [6.45, 7) is 0.141. The van der Waals surface area contributed by atoms with Gasteiger partial charge in [-0.15, -0.1) is 0 Å². The van der Waals surface area contributed by atoms with Crippen LogP contribution in [0, 0.1) is 0 Å². The molecule has 12 heteroatoms. The van der Waals surface area contributed by atoms with Crippen LogP contribution in [0.1, 0.15) is 34.3 Å². The minimum absolute atomic E-state index is 0.00336. The zero-order chi connectivity index (χ0) is 25.8. The van der Waals surface area contributed by atoms with Gasteiger partial charge in [-0.2, -0.15) is 22.0 Å². The Balaban J connectivity index is 1.60. The number of benzene rings is 2. The number of hydrogen-bond donors (Lipinski definition) is 2. The Morgan fingerprint density at radius 2 is 1.71 bits per heavy atom. The van der Waals surface area contributed by atoms with Crippen molar-refractivity contribution < 1.29 is 46.2 Å². The van der Waals surface area contributed by atoms with Gasteiger partial charge in [-0.1, -0.05) is 6.07 Å². The maximum absolute atomic E-state index is 13.1. The predicted molar refractivity (Wildman–Crippen MR) is 118 cm³/mol. The monoisotopic (exact) mass is 521 g/mol. The van der Waals surface area contributed by atoms with Gasteiger partial charge < -0.3 is 24.4 Å². The SMILES string of the molecule is O=C(c1ccc(O)cc1)N1Cc2ccc(O)cc2CC1COC[S+]([O-])CCCC(F)(F)C(F)(F)F. The van der Waals surface area contributed by atoms with Crippen molar-refractivity contribution in [2.45, 2.75) is 43.9 Å². The number of rotatable bonds is 9. The third-order valence-electron chi connectivity index (χ3n) is 5.60. The van der Waals surface area contributed by atoms with E-state index >= 15 is 0 Å². The lowest BCUT2D eigenvalue weighted by molar-refractivity contribution is -0.284. The molecule has 2 aromatic rings. The molecule has 0 aliphatic carbocycles. The van der Waals surface area contributed by atoms with Crippen LogP contribution in [0.15, 0.2) is 42.5 Å². The summed E-state index contributed by atoms with van der Waals surface area (Å²) < 4.78 is 80.2. The number of amides is 1. The minimum Gasteiger partial charge on any atom is -0.615 e. The summed E-state index contributed by atoms with van der Waals surface area (Å²) in [7, 11) is 0. The topological polar surface area (TPSA) is 93.1 Å². The molecule has 0 radical (unpaired) electrons. The van der Waals surface area contributed by atoms with Crippen LogP contribution in [0.5, 0.6) is 11.5 Å². The Hall–Kier alpha value is -2.57. The molecular formula is C23H24F5NO5S. The van der Waals surface area contributed by atoms with Gasteiger partial charge in [0.1, 0.15) is 17.3 Å². The standard InChI is InChI=1S/C23H24F5NO5S/c24-22(25,23(26,27)28)8-1-9-35(33)14-34-13-18-10-17-11-20(31)7-4-16(17)12-29(18)21(32)15-2-5-19(30)6-3-15/h2-7,11,18,30-31H,1,8-10,12-14H2. The van der Waals surface area contributed by atoms with Crippen LogP contribution in [-0.4, -0.2) is 62.0 Å².